The van der Waals surface area contributed by atoms with Crippen molar-refractivity contribution >= 4 is 0 Å². The lowest BCUT2D eigenvalue weighted by Gasteiger charge is -2.36. The summed E-state index contributed by atoms with van der Waals surface area (Å²) in [5.41, 5.74) is 8.60. The Morgan fingerprint density at radius 1 is 0.553 bits per heavy atom. The normalized spacial score (nSPS) is 13.7. The molecule has 0 aliphatic rings. The van der Waals surface area contributed by atoms with E-state index >= 15 is 0 Å². The molecule has 252 valence electrons. The van der Waals surface area contributed by atoms with E-state index in [2.05, 4.69) is 164 Å². The van der Waals surface area contributed by atoms with Crippen molar-refractivity contribution in [3.05, 3.63) is 129 Å². The lowest BCUT2D eigenvalue weighted by atomic mass is 9.84. The molecule has 47 heavy (non-hydrogen) atoms. The Morgan fingerprint density at radius 3 is 1.21 bits per heavy atom. The van der Waals surface area contributed by atoms with Crippen LogP contribution in [0.3, 0.4) is 0 Å². The van der Waals surface area contributed by atoms with Crippen molar-refractivity contribution < 1.29 is 10.2 Å². The minimum atomic E-state index is -0.148. The summed E-state index contributed by atoms with van der Waals surface area (Å²) in [7, 11) is 4.40. The fourth-order valence-corrected chi connectivity index (χ4v) is 6.81. The van der Waals surface area contributed by atoms with Gasteiger partial charge >= 0.3 is 0 Å². The zero-order chi connectivity index (χ0) is 34.5. The molecule has 0 spiro atoms. The van der Waals surface area contributed by atoms with E-state index in [9.17, 15) is 10.2 Å². The van der Waals surface area contributed by atoms with Crippen LogP contribution < -0.4 is 0 Å². The van der Waals surface area contributed by atoms with E-state index in [1.807, 2.05) is 0 Å². The molecule has 0 amide bonds. The minimum Gasteiger partial charge on any atom is -0.507 e. The standard InChI is InChI=1S/C43H58N2O2/c1-30-21-34(40(46)38(23-30)42(3,4)5)28-44(9)36(25-32-17-13-11-14-18-32)27-37(26-33-19-15-12-16-20-33)45(10)29-35-22-31(2)24-39(41(35)47)43(6,7)8/h11-24,36-37,46-47H,25-29H2,1-10H3/t36-,37-/m1/s1. The van der Waals surface area contributed by atoms with E-state index in [-0.39, 0.29) is 22.9 Å². The Hall–Kier alpha value is -3.60. The molecule has 4 rings (SSSR count). The first kappa shape index (κ1) is 36.2. The Bertz CT molecular complexity index is 1480. The number of aryl methyl sites for hydroxylation is 2. The van der Waals surface area contributed by atoms with Gasteiger partial charge in [-0.1, -0.05) is 138 Å². The molecule has 0 aromatic heterocycles. The number of benzene rings is 4. The van der Waals surface area contributed by atoms with E-state index in [1.165, 1.54) is 22.3 Å². The molecular weight excluding hydrogens is 576 g/mol. The summed E-state index contributed by atoms with van der Waals surface area (Å²) < 4.78 is 0. The predicted octanol–water partition coefficient (Wildman–Crippen LogP) is 9.49. The third-order valence-electron chi connectivity index (χ3n) is 9.54. The summed E-state index contributed by atoms with van der Waals surface area (Å²) in [5, 5.41) is 22.9. The summed E-state index contributed by atoms with van der Waals surface area (Å²) in [6.07, 6.45) is 2.73. The van der Waals surface area contributed by atoms with Gasteiger partial charge in [-0.3, -0.25) is 9.80 Å². The Labute approximate surface area is 285 Å². The van der Waals surface area contributed by atoms with E-state index in [4.69, 9.17) is 0 Å². The maximum Gasteiger partial charge on any atom is 0.123 e. The highest BCUT2D eigenvalue weighted by atomic mass is 16.3. The number of likely N-dealkylation sites (N-methyl/N-ethyl adjacent to an activating group) is 2. The molecule has 2 atom stereocenters. The average Bonchev–Trinajstić information content (AvgIpc) is 2.99. The number of hydrogen-bond donors (Lipinski definition) is 2. The van der Waals surface area contributed by atoms with Crippen molar-refractivity contribution in [1.29, 1.82) is 0 Å². The molecule has 0 saturated heterocycles. The van der Waals surface area contributed by atoms with Gasteiger partial charge in [0.2, 0.25) is 0 Å². The van der Waals surface area contributed by atoms with Crippen molar-refractivity contribution in [2.75, 3.05) is 14.1 Å². The zero-order valence-corrected chi connectivity index (χ0v) is 30.6. The lowest BCUT2D eigenvalue weighted by Crippen LogP contribution is -2.42. The third-order valence-corrected chi connectivity index (χ3v) is 9.54. The number of aromatic hydroxyl groups is 2. The number of nitrogens with zero attached hydrogens (tertiary/aromatic N) is 2. The highest BCUT2D eigenvalue weighted by Gasteiger charge is 2.28. The summed E-state index contributed by atoms with van der Waals surface area (Å²) in [6, 6.07) is 30.5. The van der Waals surface area contributed by atoms with Gasteiger partial charge in [-0.15, -0.1) is 0 Å². The summed E-state index contributed by atoms with van der Waals surface area (Å²) in [6.45, 7) is 18.5. The van der Waals surface area contributed by atoms with Crippen LogP contribution in [0.15, 0.2) is 84.9 Å². The zero-order valence-electron chi connectivity index (χ0n) is 30.6. The summed E-state index contributed by atoms with van der Waals surface area (Å²) in [5.74, 6) is 0.826. The largest absolute Gasteiger partial charge is 0.507 e. The molecular formula is C43H58N2O2. The van der Waals surface area contributed by atoms with Crippen molar-refractivity contribution in [1.82, 2.24) is 9.80 Å². The maximum absolute atomic E-state index is 11.5. The first-order valence-corrected chi connectivity index (χ1v) is 17.2. The van der Waals surface area contributed by atoms with Crippen LogP contribution in [0.1, 0.15) is 92.5 Å². The van der Waals surface area contributed by atoms with E-state index in [0.717, 1.165) is 41.5 Å². The first-order chi connectivity index (χ1) is 22.0. The van der Waals surface area contributed by atoms with Gasteiger partial charge < -0.3 is 10.2 Å². The highest BCUT2D eigenvalue weighted by molar-refractivity contribution is 5.48. The van der Waals surface area contributed by atoms with E-state index in [1.54, 1.807) is 0 Å². The fraction of sp³-hybridized carbons (Fsp3) is 0.442. The van der Waals surface area contributed by atoms with Crippen molar-refractivity contribution in [3.63, 3.8) is 0 Å². The number of rotatable bonds is 12. The lowest BCUT2D eigenvalue weighted by molar-refractivity contribution is 0.146. The molecule has 0 heterocycles. The molecule has 0 aliphatic heterocycles. The van der Waals surface area contributed by atoms with Crippen molar-refractivity contribution in [3.8, 4) is 11.5 Å². The molecule has 0 bridgehead atoms. The van der Waals surface area contributed by atoms with Gasteiger partial charge in [-0.25, -0.2) is 0 Å². The Balaban J connectivity index is 1.70. The van der Waals surface area contributed by atoms with Gasteiger partial charge in [0, 0.05) is 36.3 Å². The topological polar surface area (TPSA) is 46.9 Å². The molecule has 4 nitrogen and oxygen atoms in total. The molecule has 0 radical (unpaired) electrons. The second-order valence-electron chi connectivity index (χ2n) is 15.9. The molecule has 2 N–H and O–H groups in total. The van der Waals surface area contributed by atoms with Crippen LogP contribution in [0.2, 0.25) is 0 Å². The minimum absolute atomic E-state index is 0.148. The smallest absolute Gasteiger partial charge is 0.123 e. The van der Waals surface area contributed by atoms with Crippen LogP contribution in [-0.4, -0.2) is 46.2 Å². The van der Waals surface area contributed by atoms with Gasteiger partial charge in [0.15, 0.2) is 0 Å². The van der Waals surface area contributed by atoms with Gasteiger partial charge in [-0.05, 0) is 80.3 Å². The second-order valence-corrected chi connectivity index (χ2v) is 15.9. The van der Waals surface area contributed by atoms with E-state index in [0.29, 0.717) is 24.6 Å². The van der Waals surface area contributed by atoms with E-state index < -0.39 is 0 Å². The van der Waals surface area contributed by atoms with Gasteiger partial charge in [0.1, 0.15) is 11.5 Å². The van der Waals surface area contributed by atoms with Crippen LogP contribution in [0.4, 0.5) is 0 Å². The number of phenolic OH excluding ortho intramolecular Hbond substituents is 2. The van der Waals surface area contributed by atoms with Gasteiger partial charge in [0.05, 0.1) is 0 Å². The number of phenols is 2. The number of hydrogen-bond acceptors (Lipinski definition) is 4. The molecule has 4 aromatic rings. The molecule has 0 aliphatic carbocycles. The maximum atomic E-state index is 11.5. The quantitative estimate of drug-likeness (QED) is 0.163. The van der Waals surface area contributed by atoms with Gasteiger partial charge in [-0.2, -0.15) is 0 Å². The highest BCUT2D eigenvalue weighted by Crippen LogP contribution is 2.37. The van der Waals surface area contributed by atoms with Crippen molar-refractivity contribution in [2.24, 2.45) is 0 Å². The van der Waals surface area contributed by atoms with Gasteiger partial charge in [0.25, 0.3) is 0 Å². The fourth-order valence-electron chi connectivity index (χ4n) is 6.81. The Kier molecular flexibility index (Phi) is 11.6. The van der Waals surface area contributed by atoms with Crippen LogP contribution in [0, 0.1) is 13.8 Å². The summed E-state index contributed by atoms with van der Waals surface area (Å²) in [4.78, 5) is 4.86. The monoisotopic (exact) mass is 634 g/mol. The third kappa shape index (κ3) is 9.72. The molecule has 0 fully saturated rings. The second kappa shape index (κ2) is 15.1. The molecule has 0 unspecified atom stereocenters. The summed E-state index contributed by atoms with van der Waals surface area (Å²) >= 11 is 0. The SMILES string of the molecule is Cc1cc(CN(C)[C@H](Cc2ccccc2)C[C@@H](Cc2ccccc2)N(C)Cc2cc(C)cc(C(C)(C)C)c2O)c(O)c(C(C)(C)C)c1. The Morgan fingerprint density at radius 2 is 0.894 bits per heavy atom. The molecule has 4 aromatic carbocycles. The average molecular weight is 635 g/mol. The van der Waals surface area contributed by atoms with Crippen molar-refractivity contribution in [2.45, 2.75) is 111 Å². The predicted molar refractivity (Wildman–Crippen MR) is 199 cm³/mol. The van der Waals surface area contributed by atoms with Crippen LogP contribution in [0.25, 0.3) is 0 Å². The van der Waals surface area contributed by atoms with Crippen LogP contribution in [0.5, 0.6) is 11.5 Å². The van der Waals surface area contributed by atoms with Crippen LogP contribution in [-0.2, 0) is 36.8 Å². The first-order valence-electron chi connectivity index (χ1n) is 17.2. The molecule has 0 saturated carbocycles. The molecule has 4 heteroatoms. The van der Waals surface area contributed by atoms with Crippen LogP contribution >= 0.6 is 0 Å².